The Kier molecular flexibility index (Phi) is 5.89. The zero-order valence-electron chi connectivity index (χ0n) is 12.1. The van der Waals surface area contributed by atoms with Crippen LogP contribution in [0.25, 0.3) is 0 Å². The van der Waals surface area contributed by atoms with Gasteiger partial charge >= 0.3 is 0 Å². The lowest BCUT2D eigenvalue weighted by Crippen LogP contribution is -2.35. The van der Waals surface area contributed by atoms with Crippen LogP contribution >= 0.6 is 0 Å². The zero-order chi connectivity index (χ0) is 13.5. The molecule has 1 unspecified atom stereocenters. The van der Waals surface area contributed by atoms with E-state index in [0.29, 0.717) is 18.7 Å². The molecule has 0 aliphatic carbocycles. The molecular weight excluding hydrogens is 240 g/mol. The van der Waals surface area contributed by atoms with Crippen molar-refractivity contribution in [3.63, 3.8) is 0 Å². The van der Waals surface area contributed by atoms with Crippen LogP contribution in [0.4, 0.5) is 0 Å². The minimum Gasteiger partial charge on any atom is -0.467 e. The lowest BCUT2D eigenvalue weighted by molar-refractivity contribution is 0.103. The molecule has 2 heterocycles. The summed E-state index contributed by atoms with van der Waals surface area (Å²) in [6.07, 6.45) is 4.01. The molecule has 1 N–H and O–H groups in total. The van der Waals surface area contributed by atoms with E-state index in [1.165, 1.54) is 19.5 Å². The maximum absolute atomic E-state index is 5.56. The lowest BCUT2D eigenvalue weighted by atomic mass is 10.2. The van der Waals surface area contributed by atoms with Gasteiger partial charge in [0.05, 0.1) is 6.26 Å². The highest BCUT2D eigenvalue weighted by Crippen LogP contribution is 2.12. The second kappa shape index (κ2) is 7.68. The fourth-order valence-corrected chi connectivity index (χ4v) is 2.47. The van der Waals surface area contributed by atoms with Gasteiger partial charge in [0.25, 0.3) is 0 Å². The van der Waals surface area contributed by atoms with Crippen LogP contribution in [0.5, 0.6) is 0 Å². The molecule has 2 rings (SSSR count). The Morgan fingerprint density at radius 2 is 2.42 bits per heavy atom. The first-order valence-corrected chi connectivity index (χ1v) is 7.33. The van der Waals surface area contributed by atoms with Gasteiger partial charge in [0.1, 0.15) is 12.4 Å². The van der Waals surface area contributed by atoms with E-state index in [9.17, 15) is 0 Å². The highest BCUT2D eigenvalue weighted by molar-refractivity contribution is 4.95. The van der Waals surface area contributed by atoms with E-state index >= 15 is 0 Å². The van der Waals surface area contributed by atoms with E-state index in [1.807, 2.05) is 12.1 Å². The maximum Gasteiger partial charge on any atom is 0.129 e. The fraction of sp³-hybridized carbons (Fsp3) is 0.733. The lowest BCUT2D eigenvalue weighted by Gasteiger charge is -2.20. The first kappa shape index (κ1) is 14.6. The van der Waals surface area contributed by atoms with Gasteiger partial charge in [-0.3, -0.25) is 4.90 Å². The Balaban J connectivity index is 1.46. The molecule has 1 atom stereocenters. The Labute approximate surface area is 116 Å². The van der Waals surface area contributed by atoms with E-state index in [0.717, 1.165) is 25.3 Å². The van der Waals surface area contributed by atoms with Crippen LogP contribution < -0.4 is 5.32 Å². The third kappa shape index (κ3) is 4.97. The van der Waals surface area contributed by atoms with Crippen LogP contribution in [0.15, 0.2) is 22.8 Å². The molecule has 4 nitrogen and oxygen atoms in total. The normalized spacial score (nSPS) is 20.5. The molecule has 1 aliphatic heterocycles. The van der Waals surface area contributed by atoms with E-state index in [2.05, 4.69) is 24.1 Å². The van der Waals surface area contributed by atoms with Crippen molar-refractivity contribution in [1.82, 2.24) is 10.2 Å². The molecule has 0 spiro atoms. The SMILES string of the molecule is CC(C)N1CCC(NCCCOCc2ccco2)C1. The van der Waals surface area contributed by atoms with Crippen molar-refractivity contribution in [2.45, 2.75) is 45.4 Å². The Morgan fingerprint density at radius 3 is 3.11 bits per heavy atom. The summed E-state index contributed by atoms with van der Waals surface area (Å²) in [6, 6.07) is 5.16. The monoisotopic (exact) mass is 266 g/mol. The zero-order valence-corrected chi connectivity index (χ0v) is 12.1. The van der Waals surface area contributed by atoms with E-state index in [1.54, 1.807) is 6.26 Å². The van der Waals surface area contributed by atoms with Gasteiger partial charge in [0.2, 0.25) is 0 Å². The third-order valence-corrected chi connectivity index (χ3v) is 3.67. The minimum absolute atomic E-state index is 0.581. The van der Waals surface area contributed by atoms with Crippen molar-refractivity contribution in [3.05, 3.63) is 24.2 Å². The minimum atomic E-state index is 0.581. The predicted octanol–water partition coefficient (Wildman–Crippen LogP) is 2.26. The van der Waals surface area contributed by atoms with Crippen molar-refractivity contribution in [2.75, 3.05) is 26.2 Å². The number of nitrogens with zero attached hydrogens (tertiary/aromatic N) is 1. The summed E-state index contributed by atoms with van der Waals surface area (Å²) in [5.41, 5.74) is 0. The van der Waals surface area contributed by atoms with E-state index in [-0.39, 0.29) is 0 Å². The number of likely N-dealkylation sites (tertiary alicyclic amines) is 1. The third-order valence-electron chi connectivity index (χ3n) is 3.67. The summed E-state index contributed by atoms with van der Waals surface area (Å²) < 4.78 is 10.8. The molecule has 1 aromatic heterocycles. The predicted molar refractivity (Wildman–Crippen MR) is 76.1 cm³/mol. The molecule has 0 amide bonds. The first-order valence-electron chi connectivity index (χ1n) is 7.33. The largest absolute Gasteiger partial charge is 0.467 e. The molecule has 1 fully saturated rings. The molecule has 1 saturated heterocycles. The summed E-state index contributed by atoms with van der Waals surface area (Å²) >= 11 is 0. The number of ether oxygens (including phenoxy) is 1. The molecule has 4 heteroatoms. The summed E-state index contributed by atoms with van der Waals surface area (Å²) in [5.74, 6) is 0.899. The number of rotatable bonds is 8. The molecule has 1 aromatic rings. The van der Waals surface area contributed by atoms with Crippen LogP contribution in [-0.2, 0) is 11.3 Å². The van der Waals surface area contributed by atoms with Gasteiger partial charge in [-0.15, -0.1) is 0 Å². The first-order chi connectivity index (χ1) is 9.25. The summed E-state index contributed by atoms with van der Waals surface area (Å²) in [7, 11) is 0. The Bertz CT molecular complexity index is 338. The summed E-state index contributed by atoms with van der Waals surface area (Å²) in [4.78, 5) is 2.53. The highest BCUT2D eigenvalue weighted by atomic mass is 16.5. The van der Waals surface area contributed by atoms with Crippen molar-refractivity contribution in [2.24, 2.45) is 0 Å². The van der Waals surface area contributed by atoms with Crippen LogP contribution in [-0.4, -0.2) is 43.2 Å². The van der Waals surface area contributed by atoms with Crippen LogP contribution in [0.1, 0.15) is 32.4 Å². The van der Waals surface area contributed by atoms with Gasteiger partial charge in [0.15, 0.2) is 0 Å². The Morgan fingerprint density at radius 1 is 1.53 bits per heavy atom. The van der Waals surface area contributed by atoms with Gasteiger partial charge in [-0.25, -0.2) is 0 Å². The molecule has 0 bridgehead atoms. The van der Waals surface area contributed by atoms with Gasteiger partial charge in [-0.2, -0.15) is 0 Å². The number of hydrogen-bond donors (Lipinski definition) is 1. The quantitative estimate of drug-likeness (QED) is 0.732. The maximum atomic E-state index is 5.56. The van der Waals surface area contributed by atoms with Crippen molar-refractivity contribution >= 4 is 0 Å². The smallest absolute Gasteiger partial charge is 0.129 e. The van der Waals surface area contributed by atoms with E-state index < -0.39 is 0 Å². The van der Waals surface area contributed by atoms with Crippen LogP contribution in [0.3, 0.4) is 0 Å². The van der Waals surface area contributed by atoms with Crippen LogP contribution in [0, 0.1) is 0 Å². The molecule has 108 valence electrons. The van der Waals surface area contributed by atoms with Crippen molar-refractivity contribution < 1.29 is 9.15 Å². The van der Waals surface area contributed by atoms with E-state index in [4.69, 9.17) is 9.15 Å². The number of hydrogen-bond acceptors (Lipinski definition) is 4. The van der Waals surface area contributed by atoms with Gasteiger partial charge in [-0.05, 0) is 51.9 Å². The molecule has 0 aromatic carbocycles. The number of nitrogens with one attached hydrogen (secondary N) is 1. The van der Waals surface area contributed by atoms with Gasteiger partial charge in [-0.1, -0.05) is 0 Å². The summed E-state index contributed by atoms with van der Waals surface area (Å²) in [6.45, 7) is 9.35. The Hall–Kier alpha value is -0.840. The standard InChI is InChI=1S/C15H26N2O2/c1-13(2)17-8-6-14(11-17)16-7-4-9-18-12-15-5-3-10-19-15/h3,5,10,13-14,16H,4,6-9,11-12H2,1-2H3. The molecule has 0 radical (unpaired) electrons. The van der Waals surface area contributed by atoms with Crippen LogP contribution in [0.2, 0.25) is 0 Å². The number of furan rings is 1. The average Bonchev–Trinajstić information content (AvgIpc) is 3.04. The highest BCUT2D eigenvalue weighted by Gasteiger charge is 2.23. The topological polar surface area (TPSA) is 37.6 Å². The second-order valence-electron chi connectivity index (χ2n) is 5.51. The van der Waals surface area contributed by atoms with Gasteiger partial charge < -0.3 is 14.5 Å². The summed E-state index contributed by atoms with van der Waals surface area (Å²) in [5, 5.41) is 3.62. The van der Waals surface area contributed by atoms with Crippen molar-refractivity contribution in [3.8, 4) is 0 Å². The molecule has 19 heavy (non-hydrogen) atoms. The van der Waals surface area contributed by atoms with Gasteiger partial charge in [0, 0.05) is 25.2 Å². The fourth-order valence-electron chi connectivity index (χ4n) is 2.47. The molecule has 0 saturated carbocycles. The van der Waals surface area contributed by atoms with Crippen molar-refractivity contribution in [1.29, 1.82) is 0 Å². The second-order valence-corrected chi connectivity index (χ2v) is 5.51. The molecule has 1 aliphatic rings. The molecular formula is C15H26N2O2. The average molecular weight is 266 g/mol.